The molecule has 3 N–H and O–H groups in total. The zero-order chi connectivity index (χ0) is 17.3. The Kier molecular flexibility index (Phi) is 14.1. The van der Waals surface area contributed by atoms with E-state index in [0.717, 1.165) is 0 Å². The Hall–Kier alpha value is -1.71. The maximum atomic E-state index is 11.3. The summed E-state index contributed by atoms with van der Waals surface area (Å²) in [5.41, 5.74) is 0. The summed E-state index contributed by atoms with van der Waals surface area (Å²) in [5, 5.41) is 13.7. The number of nitrogens with one attached hydrogen (secondary N) is 2. The highest BCUT2D eigenvalue weighted by molar-refractivity contribution is 5.77. The Labute approximate surface area is 135 Å². The summed E-state index contributed by atoms with van der Waals surface area (Å²) in [5.74, 6) is -1.32. The maximum Gasteiger partial charge on any atom is 0.303 e. The Morgan fingerprint density at radius 3 is 2.22 bits per heavy atom. The van der Waals surface area contributed by atoms with Crippen LogP contribution >= 0.6 is 0 Å². The smallest absolute Gasteiger partial charge is 0.303 e. The van der Waals surface area contributed by atoms with Gasteiger partial charge in [0, 0.05) is 33.0 Å². The van der Waals surface area contributed by atoms with Crippen molar-refractivity contribution in [1.29, 1.82) is 0 Å². The van der Waals surface area contributed by atoms with Crippen molar-refractivity contribution in [3.63, 3.8) is 0 Å². The van der Waals surface area contributed by atoms with Gasteiger partial charge in [0.25, 0.3) is 0 Å². The highest BCUT2D eigenvalue weighted by Gasteiger charge is 2.03. The zero-order valence-corrected chi connectivity index (χ0v) is 13.5. The van der Waals surface area contributed by atoms with Crippen LogP contribution in [-0.4, -0.2) is 76.1 Å². The SMILES string of the molecule is COCCNC(=O)COCCOCCNC(=O)CCCC(=O)O. The second kappa shape index (κ2) is 15.2. The lowest BCUT2D eigenvalue weighted by Crippen LogP contribution is -2.31. The third-order valence-electron chi connectivity index (χ3n) is 2.60. The number of hydrogen-bond donors (Lipinski definition) is 3. The van der Waals surface area contributed by atoms with E-state index in [9.17, 15) is 14.4 Å². The van der Waals surface area contributed by atoms with Gasteiger partial charge in [0.2, 0.25) is 11.8 Å². The molecule has 23 heavy (non-hydrogen) atoms. The van der Waals surface area contributed by atoms with Gasteiger partial charge in [-0.3, -0.25) is 14.4 Å². The van der Waals surface area contributed by atoms with Crippen molar-refractivity contribution in [2.45, 2.75) is 19.3 Å². The van der Waals surface area contributed by atoms with Crippen LogP contribution in [-0.2, 0) is 28.6 Å². The quantitative estimate of drug-likeness (QED) is 0.333. The van der Waals surface area contributed by atoms with Crippen LogP contribution in [0.5, 0.6) is 0 Å². The van der Waals surface area contributed by atoms with Crippen molar-refractivity contribution >= 4 is 17.8 Å². The molecule has 9 heteroatoms. The average molecular weight is 334 g/mol. The van der Waals surface area contributed by atoms with Crippen molar-refractivity contribution in [2.24, 2.45) is 0 Å². The maximum absolute atomic E-state index is 11.3. The van der Waals surface area contributed by atoms with Gasteiger partial charge < -0.3 is 30.0 Å². The lowest BCUT2D eigenvalue weighted by Gasteiger charge is -2.07. The third-order valence-corrected chi connectivity index (χ3v) is 2.60. The molecule has 0 aromatic heterocycles. The lowest BCUT2D eigenvalue weighted by molar-refractivity contribution is -0.137. The fourth-order valence-corrected chi connectivity index (χ4v) is 1.48. The summed E-state index contributed by atoms with van der Waals surface area (Å²) in [7, 11) is 1.55. The standard InChI is InChI=1S/C14H26N2O7/c1-21-7-5-16-13(18)11-23-10-9-22-8-6-15-12(17)3-2-4-14(19)20/h2-11H2,1H3,(H,15,17)(H,16,18)(H,19,20). The van der Waals surface area contributed by atoms with E-state index in [2.05, 4.69) is 10.6 Å². The number of carboxylic acid groups (broad SMARTS) is 1. The van der Waals surface area contributed by atoms with Crippen LogP contribution in [0.3, 0.4) is 0 Å². The number of aliphatic carboxylic acids is 1. The molecule has 0 atom stereocenters. The molecule has 2 amide bonds. The van der Waals surface area contributed by atoms with Crippen molar-refractivity contribution in [3.8, 4) is 0 Å². The number of methoxy groups -OCH3 is 1. The van der Waals surface area contributed by atoms with Crippen molar-refractivity contribution in [2.75, 3.05) is 53.2 Å². The zero-order valence-electron chi connectivity index (χ0n) is 13.5. The van der Waals surface area contributed by atoms with E-state index in [1.165, 1.54) is 0 Å². The molecule has 9 nitrogen and oxygen atoms in total. The number of carboxylic acids is 1. The van der Waals surface area contributed by atoms with E-state index < -0.39 is 5.97 Å². The van der Waals surface area contributed by atoms with Gasteiger partial charge in [0.05, 0.1) is 26.4 Å². The van der Waals surface area contributed by atoms with Crippen LogP contribution in [0.2, 0.25) is 0 Å². The largest absolute Gasteiger partial charge is 0.481 e. The first-order valence-corrected chi connectivity index (χ1v) is 7.46. The summed E-state index contributed by atoms with van der Waals surface area (Å²) in [6.07, 6.45) is 0.496. The monoisotopic (exact) mass is 334 g/mol. The van der Waals surface area contributed by atoms with E-state index in [1.807, 2.05) is 0 Å². The molecule has 0 spiro atoms. The van der Waals surface area contributed by atoms with E-state index in [1.54, 1.807) is 7.11 Å². The lowest BCUT2D eigenvalue weighted by atomic mass is 10.2. The molecule has 134 valence electrons. The molecule has 0 saturated heterocycles. The number of carbonyl (C=O) groups excluding carboxylic acids is 2. The predicted molar refractivity (Wildman–Crippen MR) is 81.0 cm³/mol. The molecule has 0 unspecified atom stereocenters. The van der Waals surface area contributed by atoms with E-state index in [-0.39, 0.29) is 37.9 Å². The second-order valence-corrected chi connectivity index (χ2v) is 4.60. The molecule has 0 bridgehead atoms. The predicted octanol–water partition coefficient (Wildman–Crippen LogP) is -0.847. The summed E-state index contributed by atoms with van der Waals surface area (Å²) in [6, 6.07) is 0. The minimum atomic E-state index is -0.909. The molecule has 0 radical (unpaired) electrons. The summed E-state index contributed by atoms with van der Waals surface area (Å²) in [6.45, 7) is 2.15. The molecule has 0 saturated carbocycles. The highest BCUT2D eigenvalue weighted by Crippen LogP contribution is 1.94. The summed E-state index contributed by atoms with van der Waals surface area (Å²) >= 11 is 0. The number of amides is 2. The Morgan fingerprint density at radius 1 is 0.870 bits per heavy atom. The third kappa shape index (κ3) is 16.5. The topological polar surface area (TPSA) is 123 Å². The first kappa shape index (κ1) is 21.3. The number of hydrogen-bond acceptors (Lipinski definition) is 6. The molecular weight excluding hydrogens is 308 g/mol. The second-order valence-electron chi connectivity index (χ2n) is 4.60. The van der Waals surface area contributed by atoms with Crippen LogP contribution in [0.25, 0.3) is 0 Å². The molecule has 0 aromatic carbocycles. The molecule has 0 aliphatic carbocycles. The van der Waals surface area contributed by atoms with Crippen molar-refractivity contribution < 1.29 is 33.7 Å². The van der Waals surface area contributed by atoms with Crippen molar-refractivity contribution in [3.05, 3.63) is 0 Å². The molecule has 0 rings (SSSR count). The van der Waals surface area contributed by atoms with E-state index in [0.29, 0.717) is 39.3 Å². The number of carbonyl (C=O) groups is 3. The fraction of sp³-hybridized carbons (Fsp3) is 0.786. The molecule has 0 fully saturated rings. The Bertz CT molecular complexity index is 350. The van der Waals surface area contributed by atoms with Gasteiger partial charge in [-0.1, -0.05) is 0 Å². The number of ether oxygens (including phenoxy) is 3. The van der Waals surface area contributed by atoms with Gasteiger partial charge >= 0.3 is 5.97 Å². The van der Waals surface area contributed by atoms with Crippen LogP contribution in [0, 0.1) is 0 Å². The minimum absolute atomic E-state index is 0.0136. The van der Waals surface area contributed by atoms with Gasteiger partial charge in [-0.25, -0.2) is 0 Å². The molecule has 0 heterocycles. The average Bonchev–Trinajstić information content (AvgIpc) is 2.49. The van der Waals surface area contributed by atoms with Gasteiger partial charge in [-0.05, 0) is 6.42 Å². The summed E-state index contributed by atoms with van der Waals surface area (Å²) < 4.78 is 15.1. The molecule has 0 aliphatic heterocycles. The number of rotatable bonds is 15. The van der Waals surface area contributed by atoms with Gasteiger partial charge in [0.1, 0.15) is 6.61 Å². The molecule has 0 aliphatic rings. The first-order valence-electron chi connectivity index (χ1n) is 7.46. The summed E-state index contributed by atoms with van der Waals surface area (Å²) in [4.78, 5) is 32.8. The van der Waals surface area contributed by atoms with Crippen molar-refractivity contribution in [1.82, 2.24) is 10.6 Å². The van der Waals surface area contributed by atoms with Crippen LogP contribution in [0.15, 0.2) is 0 Å². The Balaban J connectivity index is 3.28. The highest BCUT2D eigenvalue weighted by atomic mass is 16.5. The van der Waals surface area contributed by atoms with Crippen LogP contribution in [0.1, 0.15) is 19.3 Å². The van der Waals surface area contributed by atoms with Gasteiger partial charge in [0.15, 0.2) is 0 Å². The van der Waals surface area contributed by atoms with Crippen LogP contribution in [0.4, 0.5) is 0 Å². The van der Waals surface area contributed by atoms with E-state index in [4.69, 9.17) is 19.3 Å². The van der Waals surface area contributed by atoms with E-state index >= 15 is 0 Å². The molecule has 0 aromatic rings. The minimum Gasteiger partial charge on any atom is -0.481 e. The fourth-order valence-electron chi connectivity index (χ4n) is 1.48. The van der Waals surface area contributed by atoms with Gasteiger partial charge in [-0.15, -0.1) is 0 Å². The van der Waals surface area contributed by atoms with Crippen LogP contribution < -0.4 is 10.6 Å². The Morgan fingerprint density at radius 2 is 1.52 bits per heavy atom. The molecular formula is C14H26N2O7. The van der Waals surface area contributed by atoms with Gasteiger partial charge in [-0.2, -0.15) is 0 Å². The normalized spacial score (nSPS) is 10.3. The first-order chi connectivity index (χ1) is 11.1.